The van der Waals surface area contributed by atoms with E-state index < -0.39 is 6.43 Å². The molecular weight excluding hydrogens is 244 g/mol. The van der Waals surface area contributed by atoms with Crippen LogP contribution in [0.4, 0.5) is 8.78 Å². The summed E-state index contributed by atoms with van der Waals surface area (Å²) >= 11 is 6.05. The molecule has 0 aromatic heterocycles. The van der Waals surface area contributed by atoms with E-state index in [-0.39, 0.29) is 5.56 Å². The van der Waals surface area contributed by atoms with E-state index in [1.165, 1.54) is 25.0 Å². The van der Waals surface area contributed by atoms with Crippen molar-refractivity contribution >= 4 is 11.6 Å². The highest BCUT2D eigenvalue weighted by Gasteiger charge is 2.16. The zero-order valence-electron chi connectivity index (χ0n) is 9.56. The molecule has 1 aliphatic rings. The van der Waals surface area contributed by atoms with Gasteiger partial charge in [-0.15, -0.1) is 0 Å². The fourth-order valence-electron chi connectivity index (χ4n) is 2.25. The highest BCUT2D eigenvalue weighted by atomic mass is 35.5. The summed E-state index contributed by atoms with van der Waals surface area (Å²) in [5, 5.41) is 3.98. The summed E-state index contributed by atoms with van der Waals surface area (Å²) in [5.74, 6) is 0. The van der Waals surface area contributed by atoms with E-state index in [2.05, 4.69) is 5.32 Å². The standard InChI is InChI=1S/C13H16ClF2N/c14-12-5-4-9(13(15)16)7-10(12)8-11-3-1-2-6-17-11/h4-5,7,11,13,17H,1-3,6,8H2. The van der Waals surface area contributed by atoms with Crippen molar-refractivity contribution in [2.24, 2.45) is 0 Å². The van der Waals surface area contributed by atoms with Crippen LogP contribution in [-0.2, 0) is 6.42 Å². The lowest BCUT2D eigenvalue weighted by Gasteiger charge is -2.24. The summed E-state index contributed by atoms with van der Waals surface area (Å²) in [6.07, 6.45) is 1.80. The van der Waals surface area contributed by atoms with Crippen molar-refractivity contribution in [3.63, 3.8) is 0 Å². The Balaban J connectivity index is 2.10. The van der Waals surface area contributed by atoms with Gasteiger partial charge in [0.05, 0.1) is 0 Å². The maximum absolute atomic E-state index is 12.6. The quantitative estimate of drug-likeness (QED) is 0.866. The molecule has 1 saturated heterocycles. The van der Waals surface area contributed by atoms with Crippen LogP contribution in [0.1, 0.15) is 36.8 Å². The van der Waals surface area contributed by atoms with Crippen LogP contribution in [0.2, 0.25) is 5.02 Å². The topological polar surface area (TPSA) is 12.0 Å². The van der Waals surface area contributed by atoms with Gasteiger partial charge in [0.15, 0.2) is 0 Å². The van der Waals surface area contributed by atoms with E-state index in [0.717, 1.165) is 24.9 Å². The second-order valence-corrected chi connectivity index (χ2v) is 4.91. The lowest BCUT2D eigenvalue weighted by atomic mass is 9.97. The Hall–Kier alpha value is -0.670. The van der Waals surface area contributed by atoms with Crippen molar-refractivity contribution < 1.29 is 8.78 Å². The second kappa shape index (κ2) is 5.78. The van der Waals surface area contributed by atoms with Gasteiger partial charge in [0, 0.05) is 16.6 Å². The molecule has 1 aromatic carbocycles. The molecular formula is C13H16ClF2N. The Bertz CT molecular complexity index is 376. The highest BCUT2D eigenvalue weighted by Crippen LogP contribution is 2.26. The van der Waals surface area contributed by atoms with Crippen molar-refractivity contribution in [1.29, 1.82) is 0 Å². The molecule has 1 nitrogen and oxygen atoms in total. The smallest absolute Gasteiger partial charge is 0.263 e. The van der Waals surface area contributed by atoms with Crippen molar-refractivity contribution in [3.8, 4) is 0 Å². The molecule has 0 spiro atoms. The van der Waals surface area contributed by atoms with E-state index in [1.807, 2.05) is 0 Å². The second-order valence-electron chi connectivity index (χ2n) is 4.50. The van der Waals surface area contributed by atoms with Gasteiger partial charge in [0.1, 0.15) is 0 Å². The first-order chi connectivity index (χ1) is 8.16. The highest BCUT2D eigenvalue weighted by molar-refractivity contribution is 6.31. The number of halogens is 3. The van der Waals surface area contributed by atoms with Gasteiger partial charge in [-0.3, -0.25) is 0 Å². The Morgan fingerprint density at radius 3 is 2.82 bits per heavy atom. The van der Waals surface area contributed by atoms with Gasteiger partial charge in [-0.25, -0.2) is 8.78 Å². The third-order valence-electron chi connectivity index (χ3n) is 3.20. The fourth-order valence-corrected chi connectivity index (χ4v) is 2.45. The van der Waals surface area contributed by atoms with E-state index in [9.17, 15) is 8.78 Å². The Kier molecular flexibility index (Phi) is 4.35. The number of nitrogens with one attached hydrogen (secondary N) is 1. The maximum Gasteiger partial charge on any atom is 0.263 e. The van der Waals surface area contributed by atoms with E-state index in [4.69, 9.17) is 11.6 Å². The van der Waals surface area contributed by atoms with Gasteiger partial charge < -0.3 is 5.32 Å². The molecule has 4 heteroatoms. The monoisotopic (exact) mass is 259 g/mol. The third-order valence-corrected chi connectivity index (χ3v) is 3.57. The third kappa shape index (κ3) is 3.39. The van der Waals surface area contributed by atoms with Gasteiger partial charge in [-0.1, -0.05) is 24.1 Å². The molecule has 0 aliphatic carbocycles. The summed E-state index contributed by atoms with van der Waals surface area (Å²) in [6.45, 7) is 1.01. The Labute approximate surface area is 105 Å². The molecule has 0 radical (unpaired) electrons. The molecule has 1 N–H and O–H groups in total. The maximum atomic E-state index is 12.6. The number of hydrogen-bond donors (Lipinski definition) is 1. The molecule has 1 aliphatic heterocycles. The predicted octanol–water partition coefficient (Wildman–Crippen LogP) is 3.96. The Morgan fingerprint density at radius 1 is 1.35 bits per heavy atom. The lowest BCUT2D eigenvalue weighted by Crippen LogP contribution is -2.35. The van der Waals surface area contributed by atoms with Gasteiger partial charge in [-0.2, -0.15) is 0 Å². The molecule has 1 heterocycles. The molecule has 1 aromatic rings. The SMILES string of the molecule is FC(F)c1ccc(Cl)c(CC2CCCCN2)c1. The van der Waals surface area contributed by atoms with Crippen LogP contribution >= 0.6 is 11.6 Å². The van der Waals surface area contributed by atoms with Crippen LogP contribution in [0.5, 0.6) is 0 Å². The molecule has 94 valence electrons. The first kappa shape index (κ1) is 12.8. The Morgan fingerprint density at radius 2 is 2.18 bits per heavy atom. The van der Waals surface area contributed by atoms with Crippen molar-refractivity contribution in [3.05, 3.63) is 34.3 Å². The van der Waals surface area contributed by atoms with Crippen molar-refractivity contribution in [2.75, 3.05) is 6.54 Å². The molecule has 17 heavy (non-hydrogen) atoms. The van der Waals surface area contributed by atoms with Crippen LogP contribution in [0.15, 0.2) is 18.2 Å². The molecule has 0 bridgehead atoms. The van der Waals surface area contributed by atoms with Gasteiger partial charge >= 0.3 is 0 Å². The molecule has 1 fully saturated rings. The zero-order valence-corrected chi connectivity index (χ0v) is 10.3. The minimum absolute atomic E-state index is 0.0557. The normalized spacial score (nSPS) is 20.8. The average Bonchev–Trinajstić information content (AvgIpc) is 2.33. The number of hydrogen-bond acceptors (Lipinski definition) is 1. The number of rotatable bonds is 3. The summed E-state index contributed by atoms with van der Waals surface area (Å²) in [5.41, 5.74) is 0.879. The molecule has 2 rings (SSSR count). The first-order valence-corrected chi connectivity index (χ1v) is 6.34. The van der Waals surface area contributed by atoms with Gasteiger partial charge in [0.2, 0.25) is 0 Å². The molecule has 0 amide bonds. The lowest BCUT2D eigenvalue weighted by molar-refractivity contribution is 0.151. The number of benzene rings is 1. The largest absolute Gasteiger partial charge is 0.314 e. The summed E-state index contributed by atoms with van der Waals surface area (Å²) in [7, 11) is 0. The van der Waals surface area contributed by atoms with E-state index in [1.54, 1.807) is 6.07 Å². The van der Waals surface area contributed by atoms with Crippen molar-refractivity contribution in [2.45, 2.75) is 38.2 Å². The van der Waals surface area contributed by atoms with Crippen molar-refractivity contribution in [1.82, 2.24) is 5.32 Å². The van der Waals surface area contributed by atoms with Gasteiger partial charge in [-0.05, 0) is 43.5 Å². The van der Waals surface area contributed by atoms with Crippen LogP contribution in [0.25, 0.3) is 0 Å². The summed E-state index contributed by atoms with van der Waals surface area (Å²) in [4.78, 5) is 0. The van der Waals surface area contributed by atoms with Crippen LogP contribution in [-0.4, -0.2) is 12.6 Å². The van der Waals surface area contributed by atoms with E-state index in [0.29, 0.717) is 11.1 Å². The first-order valence-electron chi connectivity index (χ1n) is 5.96. The minimum Gasteiger partial charge on any atom is -0.314 e. The van der Waals surface area contributed by atoms with E-state index >= 15 is 0 Å². The van der Waals surface area contributed by atoms with Crippen LogP contribution in [0.3, 0.4) is 0 Å². The fraction of sp³-hybridized carbons (Fsp3) is 0.538. The summed E-state index contributed by atoms with van der Waals surface area (Å²) < 4.78 is 25.2. The molecule has 0 saturated carbocycles. The number of alkyl halides is 2. The average molecular weight is 260 g/mol. The van der Waals surface area contributed by atoms with Crippen LogP contribution < -0.4 is 5.32 Å². The van der Waals surface area contributed by atoms with Crippen LogP contribution in [0, 0.1) is 0 Å². The summed E-state index contributed by atoms with van der Waals surface area (Å²) in [6, 6.07) is 4.86. The van der Waals surface area contributed by atoms with Gasteiger partial charge in [0.25, 0.3) is 6.43 Å². The minimum atomic E-state index is -2.43. The number of piperidine rings is 1. The zero-order chi connectivity index (χ0) is 12.3. The molecule has 1 unspecified atom stereocenters. The molecule has 1 atom stereocenters. The predicted molar refractivity (Wildman–Crippen MR) is 65.8 cm³/mol.